The van der Waals surface area contributed by atoms with Gasteiger partial charge in [0.25, 0.3) is 0 Å². The largest absolute Gasteiger partial charge is 0.244 e. The molecule has 7 aromatic rings. The number of aromatic nitrogens is 2. The molecule has 0 radical (unpaired) electrons. The molecule has 4 saturated carbocycles. The maximum atomic E-state index is 5.15. The van der Waals surface area contributed by atoms with Crippen molar-refractivity contribution in [3.05, 3.63) is 145 Å². The standard InChI is InChI=1S/C46H36N2/c1-2-8-30(9-3-1)44-45(48-43-13-7-6-12-42(43)47-44)35-17-16-31-25-32(14-15-33(31)26-35)34-18-19-41-39(27-34)38-10-4-5-11-40(38)46(41)36-21-28-20-29(23-36)24-37(46)22-28/h1-19,25-29,36-37H,20-24H2. The van der Waals surface area contributed by atoms with E-state index in [1.165, 1.54) is 65.1 Å². The summed E-state index contributed by atoms with van der Waals surface area (Å²) in [6.07, 6.45) is 7.18. The molecule has 4 fully saturated rings. The fourth-order valence-electron chi connectivity index (χ4n) is 10.9. The van der Waals surface area contributed by atoms with Gasteiger partial charge < -0.3 is 0 Å². The lowest BCUT2D eigenvalue weighted by atomic mass is 9.43. The monoisotopic (exact) mass is 616 g/mol. The molecule has 0 unspecified atom stereocenters. The number of rotatable bonds is 3. The van der Waals surface area contributed by atoms with Crippen molar-refractivity contribution < 1.29 is 0 Å². The highest BCUT2D eigenvalue weighted by molar-refractivity contribution is 5.94. The van der Waals surface area contributed by atoms with Crippen LogP contribution in [0, 0.1) is 23.7 Å². The topological polar surface area (TPSA) is 25.8 Å². The zero-order valence-corrected chi connectivity index (χ0v) is 26.9. The van der Waals surface area contributed by atoms with E-state index in [2.05, 4.69) is 103 Å². The zero-order valence-electron chi connectivity index (χ0n) is 26.9. The third-order valence-corrected chi connectivity index (χ3v) is 12.6. The molecular weight excluding hydrogens is 581 g/mol. The van der Waals surface area contributed by atoms with Crippen LogP contribution in [0.4, 0.5) is 0 Å². The van der Waals surface area contributed by atoms with Crippen LogP contribution in [0.2, 0.25) is 0 Å². The van der Waals surface area contributed by atoms with Gasteiger partial charge in [0.2, 0.25) is 0 Å². The Bertz CT molecular complexity index is 2390. The molecule has 1 spiro atoms. The molecule has 230 valence electrons. The SMILES string of the molecule is c1ccc(-c2nc3ccccc3nc2-c2ccc3cc(-c4ccc5c(c4)-c4ccccc4C54C5CC6CC(C5)CC4C6)ccc3c2)cc1. The minimum absolute atomic E-state index is 0.224. The van der Waals surface area contributed by atoms with Crippen molar-refractivity contribution in [3.8, 4) is 44.8 Å². The lowest BCUT2D eigenvalue weighted by Crippen LogP contribution is -2.55. The molecule has 4 bridgehead atoms. The molecule has 1 aromatic heterocycles. The van der Waals surface area contributed by atoms with Gasteiger partial charge in [0.05, 0.1) is 22.4 Å². The molecule has 0 atom stereocenters. The molecule has 1 heterocycles. The Morgan fingerprint density at radius 2 is 0.958 bits per heavy atom. The first-order valence-electron chi connectivity index (χ1n) is 17.8. The summed E-state index contributed by atoms with van der Waals surface area (Å²) in [4.78, 5) is 10.2. The fraction of sp³-hybridized carbons (Fsp3) is 0.217. The van der Waals surface area contributed by atoms with Crippen LogP contribution < -0.4 is 0 Å². The second-order valence-electron chi connectivity index (χ2n) is 15.0. The summed E-state index contributed by atoms with van der Waals surface area (Å²) in [5, 5.41) is 2.45. The molecule has 0 saturated heterocycles. The minimum Gasteiger partial charge on any atom is -0.244 e. The van der Waals surface area contributed by atoms with Crippen LogP contribution in [0.5, 0.6) is 0 Å². The molecular formula is C46H36N2. The summed E-state index contributed by atoms with van der Waals surface area (Å²) in [6.45, 7) is 0. The van der Waals surface area contributed by atoms with Gasteiger partial charge in [-0.2, -0.15) is 0 Å². The van der Waals surface area contributed by atoms with Gasteiger partial charge in [0.15, 0.2) is 0 Å². The quantitative estimate of drug-likeness (QED) is 0.197. The van der Waals surface area contributed by atoms with Gasteiger partial charge in [-0.05, 0) is 130 Å². The molecule has 48 heavy (non-hydrogen) atoms. The molecule has 0 N–H and O–H groups in total. The highest BCUT2D eigenvalue weighted by Gasteiger charge is 2.61. The van der Waals surface area contributed by atoms with E-state index in [0.29, 0.717) is 0 Å². The van der Waals surface area contributed by atoms with Crippen molar-refractivity contribution in [1.82, 2.24) is 9.97 Å². The number of hydrogen-bond donors (Lipinski definition) is 0. The molecule has 6 aromatic carbocycles. The summed E-state index contributed by atoms with van der Waals surface area (Å²) >= 11 is 0. The van der Waals surface area contributed by atoms with Crippen molar-refractivity contribution in [2.45, 2.75) is 37.5 Å². The van der Waals surface area contributed by atoms with Crippen LogP contribution >= 0.6 is 0 Å². The highest BCUT2D eigenvalue weighted by atomic mass is 14.8. The van der Waals surface area contributed by atoms with Crippen molar-refractivity contribution >= 4 is 21.8 Å². The second kappa shape index (κ2) is 9.97. The third kappa shape index (κ3) is 3.75. The van der Waals surface area contributed by atoms with E-state index in [-0.39, 0.29) is 5.41 Å². The van der Waals surface area contributed by atoms with Crippen molar-refractivity contribution in [3.63, 3.8) is 0 Å². The Morgan fingerprint density at radius 1 is 0.417 bits per heavy atom. The van der Waals surface area contributed by atoms with Crippen LogP contribution in [0.3, 0.4) is 0 Å². The van der Waals surface area contributed by atoms with Crippen molar-refractivity contribution in [1.29, 1.82) is 0 Å². The van der Waals surface area contributed by atoms with Crippen molar-refractivity contribution in [2.75, 3.05) is 0 Å². The molecule has 2 heteroatoms. The maximum Gasteiger partial charge on any atom is 0.0973 e. The van der Waals surface area contributed by atoms with E-state index < -0.39 is 0 Å². The van der Waals surface area contributed by atoms with E-state index in [4.69, 9.17) is 9.97 Å². The molecule has 2 nitrogen and oxygen atoms in total. The van der Waals surface area contributed by atoms with E-state index in [1.807, 2.05) is 30.3 Å². The first-order chi connectivity index (χ1) is 23.7. The lowest BCUT2D eigenvalue weighted by molar-refractivity contribution is -0.0399. The first-order valence-corrected chi connectivity index (χ1v) is 17.8. The van der Waals surface area contributed by atoms with Crippen molar-refractivity contribution in [2.24, 2.45) is 23.7 Å². The number of para-hydroxylation sites is 2. The average Bonchev–Trinajstić information content (AvgIpc) is 3.43. The lowest BCUT2D eigenvalue weighted by Gasteiger charge is -2.61. The Hall–Kier alpha value is -5.08. The average molecular weight is 617 g/mol. The normalized spacial score (nSPS) is 24.8. The van der Waals surface area contributed by atoms with Crippen LogP contribution in [-0.2, 0) is 5.41 Å². The smallest absolute Gasteiger partial charge is 0.0973 e. The number of fused-ring (bicyclic) bond motifs is 5. The highest BCUT2D eigenvalue weighted by Crippen LogP contribution is 2.69. The van der Waals surface area contributed by atoms with E-state index in [1.54, 1.807) is 11.1 Å². The Labute approximate surface area is 281 Å². The van der Waals surface area contributed by atoms with Crippen LogP contribution in [0.25, 0.3) is 66.6 Å². The number of nitrogens with zero attached hydrogens (tertiary/aromatic N) is 2. The summed E-state index contributed by atoms with van der Waals surface area (Å²) in [6, 6.07) is 49.2. The van der Waals surface area contributed by atoms with Gasteiger partial charge in [0, 0.05) is 16.5 Å². The second-order valence-corrected chi connectivity index (χ2v) is 15.0. The summed E-state index contributed by atoms with van der Waals surface area (Å²) in [5.41, 5.74) is 14.8. The predicted octanol–water partition coefficient (Wildman–Crippen LogP) is 11.5. The Morgan fingerprint density at radius 3 is 1.69 bits per heavy atom. The van der Waals surface area contributed by atoms with Crippen LogP contribution in [0.15, 0.2) is 133 Å². The van der Waals surface area contributed by atoms with Gasteiger partial charge in [-0.3, -0.25) is 0 Å². The Kier molecular flexibility index (Phi) is 5.59. The molecule has 0 aliphatic heterocycles. The van der Waals surface area contributed by atoms with Gasteiger partial charge in [0.1, 0.15) is 0 Å². The number of hydrogen-bond acceptors (Lipinski definition) is 2. The van der Waals surface area contributed by atoms with Crippen LogP contribution in [0.1, 0.15) is 43.2 Å². The van der Waals surface area contributed by atoms with Gasteiger partial charge in [-0.25, -0.2) is 9.97 Å². The third-order valence-electron chi connectivity index (χ3n) is 12.6. The predicted molar refractivity (Wildman–Crippen MR) is 197 cm³/mol. The van der Waals surface area contributed by atoms with Gasteiger partial charge in [-0.1, -0.05) is 103 Å². The fourth-order valence-corrected chi connectivity index (χ4v) is 10.9. The number of benzene rings is 6. The van der Waals surface area contributed by atoms with E-state index in [9.17, 15) is 0 Å². The molecule has 12 rings (SSSR count). The van der Waals surface area contributed by atoms with E-state index >= 15 is 0 Å². The maximum absolute atomic E-state index is 5.15. The molecule has 5 aliphatic carbocycles. The van der Waals surface area contributed by atoms with Gasteiger partial charge in [-0.15, -0.1) is 0 Å². The van der Waals surface area contributed by atoms with E-state index in [0.717, 1.165) is 57.2 Å². The Balaban J connectivity index is 1.00. The summed E-state index contributed by atoms with van der Waals surface area (Å²) in [5.74, 6) is 3.52. The molecule has 5 aliphatic rings. The van der Waals surface area contributed by atoms with Gasteiger partial charge >= 0.3 is 0 Å². The zero-order chi connectivity index (χ0) is 31.4. The summed E-state index contributed by atoms with van der Waals surface area (Å²) < 4.78 is 0. The van der Waals surface area contributed by atoms with Crippen LogP contribution in [-0.4, -0.2) is 9.97 Å². The summed E-state index contributed by atoms with van der Waals surface area (Å²) in [7, 11) is 0. The minimum atomic E-state index is 0.224. The molecule has 0 amide bonds. The first kappa shape index (κ1) is 26.9.